The molecule has 0 spiro atoms. The van der Waals surface area contributed by atoms with Crippen LogP contribution in [0.3, 0.4) is 0 Å². The minimum atomic E-state index is -0.601. The van der Waals surface area contributed by atoms with E-state index in [1.807, 2.05) is 13.8 Å². The van der Waals surface area contributed by atoms with Crippen LogP contribution in [0.4, 0.5) is 14.9 Å². The van der Waals surface area contributed by atoms with E-state index in [0.717, 1.165) is 17.0 Å². The molecule has 0 unspecified atom stereocenters. The first-order chi connectivity index (χ1) is 15.4. The number of fused-ring (bicyclic) bond motifs is 1. The minimum absolute atomic E-state index is 0.0905. The average Bonchev–Trinajstić information content (AvgIpc) is 3.10. The number of anilines is 1. The quantitative estimate of drug-likeness (QED) is 0.502. The van der Waals surface area contributed by atoms with E-state index in [9.17, 15) is 14.0 Å². The topological polar surface area (TPSA) is 111 Å². The molecule has 0 radical (unpaired) electrons. The van der Waals surface area contributed by atoms with Crippen molar-refractivity contribution in [1.29, 1.82) is 0 Å². The van der Waals surface area contributed by atoms with E-state index in [4.69, 9.17) is 4.74 Å². The number of nitrogens with zero attached hydrogens (tertiary/aromatic N) is 4. The highest BCUT2D eigenvalue weighted by Gasteiger charge is 2.18. The van der Waals surface area contributed by atoms with Crippen LogP contribution in [-0.4, -0.2) is 37.2 Å². The number of hydrogen-bond acceptors (Lipinski definition) is 6. The van der Waals surface area contributed by atoms with Crippen molar-refractivity contribution in [2.45, 2.75) is 59.6 Å². The van der Waals surface area contributed by atoms with Crippen LogP contribution in [0.15, 0.2) is 22.7 Å². The van der Waals surface area contributed by atoms with Gasteiger partial charge in [-0.1, -0.05) is 15.9 Å². The van der Waals surface area contributed by atoms with Gasteiger partial charge in [0.1, 0.15) is 11.4 Å². The number of aryl methyl sites for hydroxylation is 2. The summed E-state index contributed by atoms with van der Waals surface area (Å²) in [6.07, 6.45) is -0.0154. The number of carbonyl (C=O) groups excluding carboxylic acids is 2. The number of carbonyl (C=O) groups is 2. The molecule has 2 aromatic heterocycles. The van der Waals surface area contributed by atoms with Gasteiger partial charge in [-0.3, -0.25) is 4.79 Å². The Morgan fingerprint density at radius 1 is 1.21 bits per heavy atom. The second-order valence-electron chi connectivity index (χ2n) is 8.53. The molecule has 2 N–H and O–H groups in total. The van der Waals surface area contributed by atoms with Gasteiger partial charge in [0.05, 0.1) is 12.2 Å². The summed E-state index contributed by atoms with van der Waals surface area (Å²) in [6.45, 7) is 9.13. The Morgan fingerprint density at radius 2 is 1.94 bits per heavy atom. The number of rotatable bonds is 6. The Balaban J connectivity index is 1.68. The highest BCUT2D eigenvalue weighted by Crippen LogP contribution is 2.20. The van der Waals surface area contributed by atoms with Gasteiger partial charge < -0.3 is 15.4 Å². The Morgan fingerprint density at radius 3 is 2.61 bits per heavy atom. The summed E-state index contributed by atoms with van der Waals surface area (Å²) in [5, 5.41) is 9.63. The smallest absolute Gasteiger partial charge is 0.408 e. The van der Waals surface area contributed by atoms with Crippen molar-refractivity contribution in [2.24, 2.45) is 0 Å². The summed E-state index contributed by atoms with van der Waals surface area (Å²) >= 11 is 3.19. The van der Waals surface area contributed by atoms with Gasteiger partial charge in [0.25, 0.3) is 5.78 Å². The predicted molar refractivity (Wildman–Crippen MR) is 124 cm³/mol. The third-order valence-corrected chi connectivity index (χ3v) is 5.18. The molecule has 3 rings (SSSR count). The molecule has 33 heavy (non-hydrogen) atoms. The number of hydrogen-bond donors (Lipinski definition) is 2. The molecule has 3 aromatic rings. The van der Waals surface area contributed by atoms with Crippen molar-refractivity contribution in [1.82, 2.24) is 24.9 Å². The summed E-state index contributed by atoms with van der Waals surface area (Å²) < 4.78 is 21.4. The zero-order valence-corrected chi connectivity index (χ0v) is 20.7. The molecule has 0 saturated heterocycles. The highest BCUT2D eigenvalue weighted by atomic mass is 79.9. The van der Waals surface area contributed by atoms with E-state index in [1.165, 1.54) is 12.1 Å². The summed E-state index contributed by atoms with van der Waals surface area (Å²) in [4.78, 5) is 33.1. The zero-order valence-electron chi connectivity index (χ0n) is 19.1. The molecule has 0 fully saturated rings. The summed E-state index contributed by atoms with van der Waals surface area (Å²) in [5.41, 5.74) is 1.89. The lowest BCUT2D eigenvalue weighted by molar-refractivity contribution is -0.116. The van der Waals surface area contributed by atoms with Gasteiger partial charge in [0, 0.05) is 22.3 Å². The van der Waals surface area contributed by atoms with Gasteiger partial charge in [0.15, 0.2) is 5.82 Å². The Labute approximate surface area is 199 Å². The van der Waals surface area contributed by atoms with Crippen LogP contribution >= 0.6 is 15.9 Å². The van der Waals surface area contributed by atoms with E-state index < -0.39 is 17.5 Å². The number of aromatic nitrogens is 4. The first kappa shape index (κ1) is 24.6. The van der Waals surface area contributed by atoms with Crippen molar-refractivity contribution in [3.05, 3.63) is 51.3 Å². The van der Waals surface area contributed by atoms with Gasteiger partial charge in [-0.05, 0) is 64.8 Å². The van der Waals surface area contributed by atoms with Crippen LogP contribution in [-0.2, 0) is 22.5 Å². The maximum Gasteiger partial charge on any atom is 0.408 e. The normalized spacial score (nSPS) is 11.5. The van der Waals surface area contributed by atoms with Crippen molar-refractivity contribution < 1.29 is 18.7 Å². The summed E-state index contributed by atoms with van der Waals surface area (Å²) in [6, 6.07) is 4.45. The van der Waals surface area contributed by atoms with Gasteiger partial charge in [-0.15, -0.1) is 5.10 Å². The first-order valence-electron chi connectivity index (χ1n) is 10.4. The van der Waals surface area contributed by atoms with Crippen molar-refractivity contribution in [3.63, 3.8) is 0 Å². The number of benzene rings is 1. The maximum atomic E-state index is 14.0. The van der Waals surface area contributed by atoms with Crippen LogP contribution < -0.4 is 10.6 Å². The maximum absolute atomic E-state index is 14.0. The Hall–Kier alpha value is -3.08. The zero-order chi connectivity index (χ0) is 24.3. The standard InChI is InChI=1S/C22H26BrFN6O3/c1-12-15(7-9-19(31)27-17-8-6-14(23)10-16(17)24)13(2)30-20(26-12)28-18(29-30)11-25-21(32)33-22(3,4)5/h6,8,10H,7,9,11H2,1-5H3,(H,25,32)(H,27,31). The third-order valence-electron chi connectivity index (χ3n) is 4.69. The number of halogens is 2. The molecule has 9 nitrogen and oxygen atoms in total. The van der Waals surface area contributed by atoms with Gasteiger partial charge >= 0.3 is 6.09 Å². The lowest BCUT2D eigenvalue weighted by Crippen LogP contribution is -2.32. The highest BCUT2D eigenvalue weighted by molar-refractivity contribution is 9.10. The van der Waals surface area contributed by atoms with Crippen LogP contribution in [0.25, 0.3) is 5.78 Å². The number of amides is 2. The number of nitrogens with one attached hydrogen (secondary N) is 2. The number of ether oxygens (including phenoxy) is 1. The van der Waals surface area contributed by atoms with E-state index in [0.29, 0.717) is 22.5 Å². The molecule has 0 bridgehead atoms. The summed E-state index contributed by atoms with van der Waals surface area (Å²) in [5.74, 6) is -0.0353. The second kappa shape index (κ2) is 9.82. The van der Waals surface area contributed by atoms with Crippen LogP contribution in [0.2, 0.25) is 0 Å². The fourth-order valence-electron chi connectivity index (χ4n) is 3.19. The number of alkyl carbamates (subject to hydrolysis) is 1. The largest absolute Gasteiger partial charge is 0.444 e. The van der Waals surface area contributed by atoms with Gasteiger partial charge in [-0.2, -0.15) is 4.98 Å². The molecule has 0 atom stereocenters. The molecule has 0 aliphatic carbocycles. The monoisotopic (exact) mass is 520 g/mol. The molecular weight excluding hydrogens is 495 g/mol. The fraction of sp³-hybridized carbons (Fsp3) is 0.409. The van der Waals surface area contributed by atoms with Crippen LogP contribution in [0.1, 0.15) is 50.0 Å². The second-order valence-corrected chi connectivity index (χ2v) is 9.44. The average molecular weight is 521 g/mol. The van der Waals surface area contributed by atoms with Crippen molar-refractivity contribution in [3.8, 4) is 0 Å². The van der Waals surface area contributed by atoms with E-state index in [2.05, 4.69) is 41.6 Å². The molecular formula is C22H26BrFN6O3. The SMILES string of the molecule is Cc1nc2nc(CNC(=O)OC(C)(C)C)nn2c(C)c1CCC(=O)Nc1ccc(Br)cc1F. The van der Waals surface area contributed by atoms with Crippen LogP contribution in [0, 0.1) is 19.7 Å². The van der Waals surface area contributed by atoms with Gasteiger partial charge in [-0.25, -0.2) is 18.7 Å². The Kier molecular flexibility index (Phi) is 7.31. The molecule has 2 amide bonds. The fourth-order valence-corrected chi connectivity index (χ4v) is 3.53. The molecule has 0 saturated carbocycles. The van der Waals surface area contributed by atoms with Crippen molar-refractivity contribution >= 4 is 39.4 Å². The summed E-state index contributed by atoms with van der Waals surface area (Å²) in [7, 11) is 0. The predicted octanol–water partition coefficient (Wildman–Crippen LogP) is 4.24. The lowest BCUT2D eigenvalue weighted by atomic mass is 10.1. The molecule has 11 heteroatoms. The van der Waals surface area contributed by atoms with E-state index in [-0.39, 0.29) is 24.6 Å². The molecule has 1 aromatic carbocycles. The van der Waals surface area contributed by atoms with E-state index >= 15 is 0 Å². The molecule has 0 aliphatic heterocycles. The first-order valence-corrected chi connectivity index (χ1v) is 11.2. The van der Waals surface area contributed by atoms with Crippen LogP contribution in [0.5, 0.6) is 0 Å². The lowest BCUT2D eigenvalue weighted by Gasteiger charge is -2.19. The van der Waals surface area contributed by atoms with E-state index in [1.54, 1.807) is 31.4 Å². The Bertz CT molecular complexity index is 1210. The molecule has 2 heterocycles. The molecule has 0 aliphatic rings. The third kappa shape index (κ3) is 6.47. The molecule has 176 valence electrons. The van der Waals surface area contributed by atoms with Crippen molar-refractivity contribution in [2.75, 3.05) is 5.32 Å². The van der Waals surface area contributed by atoms with Gasteiger partial charge in [0.2, 0.25) is 5.91 Å². The minimum Gasteiger partial charge on any atom is -0.444 e.